The number of amides is 2. The summed E-state index contributed by atoms with van der Waals surface area (Å²) in [6.07, 6.45) is 0. The molecule has 0 radical (unpaired) electrons. The Morgan fingerprint density at radius 2 is 1.36 bits per heavy atom. The van der Waals surface area contributed by atoms with Gasteiger partial charge in [-0.3, -0.25) is 9.59 Å². The first-order valence-electron chi connectivity index (χ1n) is 10.2. The minimum absolute atomic E-state index is 0.0957. The van der Waals surface area contributed by atoms with E-state index in [2.05, 4.69) is 10.6 Å². The molecule has 2 amide bonds. The zero-order valence-electron chi connectivity index (χ0n) is 18.2. The maximum Gasteiger partial charge on any atom is 0.252 e. The van der Waals surface area contributed by atoms with Crippen molar-refractivity contribution in [3.8, 4) is 11.5 Å². The van der Waals surface area contributed by atoms with Gasteiger partial charge in [0.15, 0.2) is 0 Å². The van der Waals surface area contributed by atoms with Gasteiger partial charge in [0.25, 0.3) is 5.91 Å². The normalized spacial score (nSPS) is 12.5. The lowest BCUT2D eigenvalue weighted by Crippen LogP contribution is -2.57. The van der Waals surface area contributed by atoms with Gasteiger partial charge in [-0.2, -0.15) is 0 Å². The van der Waals surface area contributed by atoms with Crippen molar-refractivity contribution in [1.29, 1.82) is 0 Å². The second-order valence-electron chi connectivity index (χ2n) is 7.67. The summed E-state index contributed by atoms with van der Waals surface area (Å²) >= 11 is 0. The summed E-state index contributed by atoms with van der Waals surface area (Å²) < 4.78 is 37.3. The Bertz CT molecular complexity index is 1090. The number of halogens is 2. The summed E-state index contributed by atoms with van der Waals surface area (Å²) in [6.45, 7) is 2.92. The minimum Gasteiger partial charge on any atom is -0.457 e. The summed E-state index contributed by atoms with van der Waals surface area (Å²) in [5.74, 6) is -0.582. The molecule has 0 aliphatic rings. The quantitative estimate of drug-likeness (QED) is 0.487. The van der Waals surface area contributed by atoms with Gasteiger partial charge < -0.3 is 20.1 Å². The predicted octanol–water partition coefficient (Wildman–Crippen LogP) is 4.81. The molecule has 8 heteroatoms. The second kappa shape index (κ2) is 10.7. The highest BCUT2D eigenvalue weighted by atomic mass is 19.1. The van der Waals surface area contributed by atoms with E-state index < -0.39 is 11.4 Å². The van der Waals surface area contributed by atoms with Crippen LogP contribution in [0.3, 0.4) is 0 Å². The fourth-order valence-corrected chi connectivity index (χ4v) is 3.01. The van der Waals surface area contributed by atoms with E-state index in [4.69, 9.17) is 9.47 Å². The SMILES string of the molecule is CC(=O)NC(C)(COCc1ccc(F)cc1)C(=O)Nc1ccc(Oc2ccc(F)cc2)cc1. The van der Waals surface area contributed by atoms with Crippen molar-refractivity contribution < 1.29 is 27.8 Å². The first-order chi connectivity index (χ1) is 15.7. The Morgan fingerprint density at radius 1 is 0.848 bits per heavy atom. The number of hydrogen-bond acceptors (Lipinski definition) is 4. The predicted molar refractivity (Wildman–Crippen MR) is 120 cm³/mol. The number of benzene rings is 3. The fourth-order valence-electron chi connectivity index (χ4n) is 3.01. The highest BCUT2D eigenvalue weighted by molar-refractivity contribution is 6.00. The molecule has 1 atom stereocenters. The zero-order chi connectivity index (χ0) is 23.8. The summed E-state index contributed by atoms with van der Waals surface area (Å²) in [4.78, 5) is 24.6. The van der Waals surface area contributed by atoms with E-state index in [-0.39, 0.29) is 30.8 Å². The molecule has 33 heavy (non-hydrogen) atoms. The van der Waals surface area contributed by atoms with E-state index in [1.807, 2.05) is 0 Å². The van der Waals surface area contributed by atoms with Crippen molar-refractivity contribution in [1.82, 2.24) is 5.32 Å². The molecule has 0 bridgehead atoms. The van der Waals surface area contributed by atoms with Gasteiger partial charge in [0.05, 0.1) is 13.2 Å². The molecule has 1 unspecified atom stereocenters. The van der Waals surface area contributed by atoms with Crippen LogP contribution in [0.5, 0.6) is 11.5 Å². The van der Waals surface area contributed by atoms with E-state index in [1.54, 1.807) is 43.3 Å². The van der Waals surface area contributed by atoms with Crippen LogP contribution in [0.15, 0.2) is 72.8 Å². The molecule has 0 aromatic heterocycles. The number of anilines is 1. The lowest BCUT2D eigenvalue weighted by molar-refractivity contribution is -0.131. The molecule has 0 fully saturated rings. The second-order valence-corrected chi connectivity index (χ2v) is 7.67. The Hall–Kier alpha value is -3.78. The largest absolute Gasteiger partial charge is 0.457 e. The number of carbonyl (C=O) groups is 2. The van der Waals surface area contributed by atoms with Gasteiger partial charge in [0, 0.05) is 12.6 Å². The smallest absolute Gasteiger partial charge is 0.252 e. The van der Waals surface area contributed by atoms with Gasteiger partial charge in [0.2, 0.25) is 5.91 Å². The molecule has 0 aliphatic carbocycles. The average molecular weight is 454 g/mol. The molecule has 0 saturated heterocycles. The molecule has 0 heterocycles. The third kappa shape index (κ3) is 7.11. The first-order valence-corrected chi connectivity index (χ1v) is 10.2. The molecule has 3 aromatic carbocycles. The monoisotopic (exact) mass is 454 g/mol. The molecule has 172 valence electrons. The Morgan fingerprint density at radius 3 is 1.91 bits per heavy atom. The van der Waals surface area contributed by atoms with E-state index >= 15 is 0 Å². The van der Waals surface area contributed by atoms with Gasteiger partial charge in [-0.05, 0) is 73.2 Å². The van der Waals surface area contributed by atoms with Crippen LogP contribution < -0.4 is 15.4 Å². The van der Waals surface area contributed by atoms with Crippen molar-refractivity contribution in [2.75, 3.05) is 11.9 Å². The van der Waals surface area contributed by atoms with Crippen LogP contribution in [0, 0.1) is 11.6 Å². The van der Waals surface area contributed by atoms with Crippen LogP contribution >= 0.6 is 0 Å². The zero-order valence-corrected chi connectivity index (χ0v) is 18.2. The highest BCUT2D eigenvalue weighted by Gasteiger charge is 2.34. The molecule has 0 saturated carbocycles. The van der Waals surface area contributed by atoms with Crippen LogP contribution in [-0.4, -0.2) is 24.0 Å². The Balaban J connectivity index is 1.61. The maximum atomic E-state index is 13.0. The summed E-state index contributed by atoms with van der Waals surface area (Å²) in [7, 11) is 0. The molecular formula is C25H24F2N2O4. The van der Waals surface area contributed by atoms with Gasteiger partial charge in [-0.15, -0.1) is 0 Å². The third-order valence-corrected chi connectivity index (χ3v) is 4.69. The van der Waals surface area contributed by atoms with Crippen LogP contribution in [0.1, 0.15) is 19.4 Å². The molecule has 0 aliphatic heterocycles. The molecule has 2 N–H and O–H groups in total. The molecule has 6 nitrogen and oxygen atoms in total. The first kappa shape index (κ1) is 23.9. The average Bonchev–Trinajstić information content (AvgIpc) is 2.77. The number of rotatable bonds is 9. The van der Waals surface area contributed by atoms with E-state index in [0.717, 1.165) is 5.56 Å². The number of hydrogen-bond donors (Lipinski definition) is 2. The van der Waals surface area contributed by atoms with Gasteiger partial charge in [0.1, 0.15) is 28.7 Å². The summed E-state index contributed by atoms with van der Waals surface area (Å²) in [5.41, 5.74) is -0.116. The van der Waals surface area contributed by atoms with Gasteiger partial charge in [-0.1, -0.05) is 12.1 Å². The lowest BCUT2D eigenvalue weighted by Gasteiger charge is -2.29. The number of nitrogens with one attached hydrogen (secondary N) is 2. The Labute approximate surface area is 190 Å². The fraction of sp³-hybridized carbons (Fsp3) is 0.200. The van der Waals surface area contributed by atoms with Crippen LogP contribution in [0.4, 0.5) is 14.5 Å². The van der Waals surface area contributed by atoms with Crippen molar-refractivity contribution in [2.45, 2.75) is 26.0 Å². The Kier molecular flexibility index (Phi) is 7.74. The van der Waals surface area contributed by atoms with Crippen molar-refractivity contribution in [2.24, 2.45) is 0 Å². The lowest BCUT2D eigenvalue weighted by atomic mass is 10.0. The van der Waals surface area contributed by atoms with Crippen LogP contribution in [-0.2, 0) is 20.9 Å². The van der Waals surface area contributed by atoms with E-state index in [0.29, 0.717) is 17.2 Å². The van der Waals surface area contributed by atoms with Gasteiger partial charge >= 0.3 is 0 Å². The van der Waals surface area contributed by atoms with Crippen LogP contribution in [0.25, 0.3) is 0 Å². The highest BCUT2D eigenvalue weighted by Crippen LogP contribution is 2.23. The van der Waals surface area contributed by atoms with E-state index in [1.165, 1.54) is 43.3 Å². The summed E-state index contributed by atoms with van der Waals surface area (Å²) in [6, 6.07) is 18.0. The molecule has 3 rings (SSSR count). The third-order valence-electron chi connectivity index (χ3n) is 4.69. The minimum atomic E-state index is -1.34. The van der Waals surface area contributed by atoms with Crippen molar-refractivity contribution in [3.05, 3.63) is 90.0 Å². The molecular weight excluding hydrogens is 430 g/mol. The summed E-state index contributed by atoms with van der Waals surface area (Å²) in [5, 5.41) is 5.38. The van der Waals surface area contributed by atoms with E-state index in [9.17, 15) is 18.4 Å². The number of carbonyl (C=O) groups excluding carboxylic acids is 2. The topological polar surface area (TPSA) is 76.7 Å². The number of ether oxygens (including phenoxy) is 2. The standard InChI is InChI=1S/C25H24F2N2O4/c1-17(30)29-25(2,16-32-15-18-3-5-19(26)6-4-18)24(31)28-21-9-13-23(14-10-21)33-22-11-7-20(27)8-12-22/h3-14H,15-16H2,1-2H3,(H,28,31)(H,29,30). The van der Waals surface area contributed by atoms with Gasteiger partial charge in [-0.25, -0.2) is 8.78 Å². The van der Waals surface area contributed by atoms with Crippen molar-refractivity contribution in [3.63, 3.8) is 0 Å². The van der Waals surface area contributed by atoms with Crippen molar-refractivity contribution >= 4 is 17.5 Å². The molecule has 3 aromatic rings. The molecule has 0 spiro atoms. The van der Waals surface area contributed by atoms with Crippen LogP contribution in [0.2, 0.25) is 0 Å². The maximum absolute atomic E-state index is 13.0.